The molecule has 5 nitrogen and oxygen atoms in total. The lowest BCUT2D eigenvalue weighted by atomic mass is 10.1. The molecule has 1 heterocycles. The van der Waals surface area contributed by atoms with E-state index in [1.54, 1.807) is 16.8 Å². The summed E-state index contributed by atoms with van der Waals surface area (Å²) < 4.78 is 1.61. The number of aryl methyl sites for hydroxylation is 2. The van der Waals surface area contributed by atoms with Gasteiger partial charge in [-0.05, 0) is 49.2 Å². The van der Waals surface area contributed by atoms with Crippen LogP contribution in [0.5, 0.6) is 0 Å². The maximum absolute atomic E-state index is 11.5. The molecule has 0 unspecified atom stereocenters. The topological polar surface area (TPSA) is 73.8 Å². The average Bonchev–Trinajstić information content (AvgIpc) is 2.95. The zero-order valence-corrected chi connectivity index (χ0v) is 13.5. The van der Waals surface area contributed by atoms with Crippen molar-refractivity contribution in [1.82, 2.24) is 14.8 Å². The van der Waals surface area contributed by atoms with Crippen LogP contribution in [-0.2, 0) is 0 Å². The van der Waals surface area contributed by atoms with Crippen molar-refractivity contribution in [2.75, 3.05) is 0 Å². The number of hydrogen-bond donors (Lipinski definition) is 1. The average molecular weight is 327 g/mol. The molecular weight excluding hydrogens is 312 g/mol. The first-order valence-corrected chi connectivity index (χ1v) is 7.44. The fraction of sp³-hybridized carbons (Fsp3) is 0.118. The molecule has 23 heavy (non-hydrogen) atoms. The third-order valence-corrected chi connectivity index (χ3v) is 3.88. The summed E-state index contributed by atoms with van der Waals surface area (Å²) in [4.78, 5) is 15.7. The standard InChI is InChI=1S/C17H15ClN4O/c1-10-6-7-14(8-11(10)2)22-17(20-16(21-22)15(19)23)12-4-3-5-13(18)9-12/h3-9H,1-2H3,(H2,19,23). The van der Waals surface area contributed by atoms with Gasteiger partial charge in [-0.3, -0.25) is 4.79 Å². The van der Waals surface area contributed by atoms with Crippen LogP contribution in [0.25, 0.3) is 17.1 Å². The van der Waals surface area contributed by atoms with Crippen molar-refractivity contribution in [2.45, 2.75) is 13.8 Å². The summed E-state index contributed by atoms with van der Waals surface area (Å²) in [5.74, 6) is -0.182. The lowest BCUT2D eigenvalue weighted by Crippen LogP contribution is -2.13. The highest BCUT2D eigenvalue weighted by Crippen LogP contribution is 2.24. The molecule has 6 heteroatoms. The third kappa shape index (κ3) is 2.96. The minimum Gasteiger partial charge on any atom is -0.363 e. The first kappa shape index (κ1) is 15.2. The molecule has 0 aliphatic heterocycles. The van der Waals surface area contributed by atoms with Crippen molar-refractivity contribution in [3.8, 4) is 17.1 Å². The van der Waals surface area contributed by atoms with Crippen LogP contribution in [0.3, 0.4) is 0 Å². The summed E-state index contributed by atoms with van der Waals surface area (Å²) in [5, 5.41) is 4.83. The molecule has 0 saturated heterocycles. The van der Waals surface area contributed by atoms with Gasteiger partial charge >= 0.3 is 0 Å². The van der Waals surface area contributed by atoms with Gasteiger partial charge in [0.2, 0.25) is 5.82 Å². The van der Waals surface area contributed by atoms with Crippen LogP contribution in [0.4, 0.5) is 0 Å². The van der Waals surface area contributed by atoms with E-state index in [1.165, 1.54) is 5.56 Å². The second-order valence-corrected chi connectivity index (χ2v) is 5.75. The summed E-state index contributed by atoms with van der Waals surface area (Å²) in [7, 11) is 0. The highest BCUT2D eigenvalue weighted by Gasteiger charge is 2.17. The molecule has 1 aromatic heterocycles. The monoisotopic (exact) mass is 326 g/mol. The summed E-state index contributed by atoms with van der Waals surface area (Å²) in [6, 6.07) is 13.1. The first-order chi connectivity index (χ1) is 11.0. The molecule has 0 aliphatic rings. The smallest absolute Gasteiger partial charge is 0.288 e. The fourth-order valence-electron chi connectivity index (χ4n) is 2.27. The van der Waals surface area contributed by atoms with Crippen LogP contribution < -0.4 is 5.73 Å². The van der Waals surface area contributed by atoms with Gasteiger partial charge in [0.15, 0.2) is 5.82 Å². The molecule has 0 aliphatic carbocycles. The Morgan fingerprint density at radius 3 is 2.57 bits per heavy atom. The number of hydrogen-bond acceptors (Lipinski definition) is 3. The predicted octanol–water partition coefficient (Wildman–Crippen LogP) is 3.30. The Morgan fingerprint density at radius 2 is 1.91 bits per heavy atom. The van der Waals surface area contributed by atoms with Gasteiger partial charge in [0, 0.05) is 10.6 Å². The summed E-state index contributed by atoms with van der Waals surface area (Å²) >= 11 is 6.06. The molecule has 116 valence electrons. The SMILES string of the molecule is Cc1ccc(-n2nc(C(N)=O)nc2-c2cccc(Cl)c2)cc1C. The minimum atomic E-state index is -0.670. The van der Waals surface area contributed by atoms with Crippen molar-refractivity contribution < 1.29 is 4.79 Å². The molecule has 0 bridgehead atoms. The maximum Gasteiger partial charge on any atom is 0.288 e. The van der Waals surface area contributed by atoms with Gasteiger partial charge in [0.05, 0.1) is 5.69 Å². The van der Waals surface area contributed by atoms with Crippen LogP contribution in [0.2, 0.25) is 5.02 Å². The van der Waals surface area contributed by atoms with Crippen LogP contribution in [0, 0.1) is 13.8 Å². The number of carbonyl (C=O) groups is 1. The van der Waals surface area contributed by atoms with Gasteiger partial charge in [0.1, 0.15) is 0 Å². The molecule has 0 spiro atoms. The van der Waals surface area contributed by atoms with E-state index in [9.17, 15) is 4.79 Å². The number of carbonyl (C=O) groups excluding carboxylic acids is 1. The molecule has 3 aromatic rings. The zero-order valence-electron chi connectivity index (χ0n) is 12.7. The van der Waals surface area contributed by atoms with E-state index >= 15 is 0 Å². The van der Waals surface area contributed by atoms with E-state index in [-0.39, 0.29) is 5.82 Å². The largest absolute Gasteiger partial charge is 0.363 e. The lowest BCUT2D eigenvalue weighted by Gasteiger charge is -2.08. The van der Waals surface area contributed by atoms with E-state index in [4.69, 9.17) is 17.3 Å². The zero-order chi connectivity index (χ0) is 16.6. The van der Waals surface area contributed by atoms with Gasteiger partial charge in [-0.2, -0.15) is 0 Å². The second kappa shape index (κ2) is 5.85. The van der Waals surface area contributed by atoms with Crippen molar-refractivity contribution in [1.29, 1.82) is 0 Å². The molecule has 2 aromatic carbocycles. The van der Waals surface area contributed by atoms with Crippen LogP contribution >= 0.6 is 11.6 Å². The Morgan fingerprint density at radius 1 is 1.13 bits per heavy atom. The van der Waals surface area contributed by atoms with Gasteiger partial charge in [0.25, 0.3) is 5.91 Å². The van der Waals surface area contributed by atoms with Gasteiger partial charge in [-0.15, -0.1) is 5.10 Å². The Bertz CT molecular complexity index is 901. The van der Waals surface area contributed by atoms with Crippen molar-refractivity contribution >= 4 is 17.5 Å². The number of nitrogens with zero attached hydrogens (tertiary/aromatic N) is 3. The van der Waals surface area contributed by atoms with Crippen molar-refractivity contribution in [3.05, 3.63) is 64.4 Å². The lowest BCUT2D eigenvalue weighted by molar-refractivity contribution is 0.0990. The number of rotatable bonds is 3. The normalized spacial score (nSPS) is 10.7. The molecule has 0 fully saturated rings. The van der Waals surface area contributed by atoms with Crippen molar-refractivity contribution in [2.24, 2.45) is 5.73 Å². The number of aromatic nitrogens is 3. The molecular formula is C17H15ClN4O. The second-order valence-electron chi connectivity index (χ2n) is 5.31. The van der Waals surface area contributed by atoms with Crippen LogP contribution in [0.1, 0.15) is 21.7 Å². The number of nitrogens with two attached hydrogens (primary N) is 1. The van der Waals surface area contributed by atoms with E-state index in [0.29, 0.717) is 10.8 Å². The Kier molecular flexibility index (Phi) is 3.88. The van der Waals surface area contributed by atoms with E-state index in [2.05, 4.69) is 10.1 Å². The first-order valence-electron chi connectivity index (χ1n) is 7.06. The molecule has 0 radical (unpaired) electrons. The third-order valence-electron chi connectivity index (χ3n) is 3.65. The van der Waals surface area contributed by atoms with Crippen molar-refractivity contribution in [3.63, 3.8) is 0 Å². The molecule has 0 saturated carbocycles. The predicted molar refractivity (Wildman–Crippen MR) is 89.8 cm³/mol. The number of amides is 1. The van der Waals surface area contributed by atoms with E-state index < -0.39 is 5.91 Å². The van der Waals surface area contributed by atoms with E-state index in [0.717, 1.165) is 16.8 Å². The summed E-state index contributed by atoms with van der Waals surface area (Å²) in [5.41, 5.74) is 9.20. The van der Waals surface area contributed by atoms with Gasteiger partial charge in [-0.25, -0.2) is 9.67 Å². The van der Waals surface area contributed by atoms with Crippen LogP contribution in [-0.4, -0.2) is 20.7 Å². The quantitative estimate of drug-likeness (QED) is 0.802. The maximum atomic E-state index is 11.5. The minimum absolute atomic E-state index is 0.0294. The molecule has 2 N–H and O–H groups in total. The highest BCUT2D eigenvalue weighted by atomic mass is 35.5. The number of primary amides is 1. The Labute approximate surface area is 138 Å². The van der Waals surface area contributed by atoms with E-state index in [1.807, 2.05) is 44.2 Å². The molecule has 0 atom stereocenters. The molecule has 1 amide bonds. The Hall–Kier alpha value is -2.66. The number of halogens is 1. The fourth-order valence-corrected chi connectivity index (χ4v) is 2.46. The highest BCUT2D eigenvalue weighted by molar-refractivity contribution is 6.30. The van der Waals surface area contributed by atoms with Crippen LogP contribution in [0.15, 0.2) is 42.5 Å². The Balaban J connectivity index is 2.22. The van der Waals surface area contributed by atoms with Gasteiger partial charge < -0.3 is 5.73 Å². The number of benzene rings is 2. The molecule has 3 rings (SSSR count). The van der Waals surface area contributed by atoms with Gasteiger partial charge in [-0.1, -0.05) is 29.8 Å². The summed E-state index contributed by atoms with van der Waals surface area (Å²) in [6.07, 6.45) is 0. The summed E-state index contributed by atoms with van der Waals surface area (Å²) in [6.45, 7) is 4.05.